The molecule has 0 amide bonds. The quantitative estimate of drug-likeness (QED) is 0.707. The van der Waals surface area contributed by atoms with E-state index < -0.39 is 11.7 Å². The Hall–Kier alpha value is -2.25. The molecule has 0 unspecified atom stereocenters. The number of anilines is 2. The number of alkyl halides is 3. The number of hydrogen-bond acceptors (Lipinski definition) is 4. The number of aliphatic hydroxyl groups is 2. The van der Waals surface area contributed by atoms with E-state index in [-0.39, 0.29) is 13.2 Å². The molecule has 2 aromatic rings. The molecule has 0 bridgehead atoms. The maximum Gasteiger partial charge on any atom is 0.416 e. The molecule has 4 N–H and O–H groups in total. The van der Waals surface area contributed by atoms with Crippen LogP contribution in [0.3, 0.4) is 0 Å². The van der Waals surface area contributed by atoms with Crippen LogP contribution < -0.4 is 10.6 Å². The van der Waals surface area contributed by atoms with Crippen molar-refractivity contribution in [2.75, 3.05) is 36.9 Å². The lowest BCUT2D eigenvalue weighted by molar-refractivity contribution is -0.137. The summed E-state index contributed by atoms with van der Waals surface area (Å²) in [6.07, 6.45) is -4.38. The van der Waals surface area contributed by atoms with Gasteiger partial charge in [-0.1, -0.05) is 12.1 Å². The third-order valence-corrected chi connectivity index (χ3v) is 3.67. The molecule has 7 heteroatoms. The normalized spacial score (nSPS) is 11.5. The van der Waals surface area contributed by atoms with Crippen molar-refractivity contribution in [3.05, 3.63) is 48.0 Å². The lowest BCUT2D eigenvalue weighted by atomic mass is 10.0. The molecule has 2 rings (SSSR count). The number of hydrogen-bond donors (Lipinski definition) is 3. The maximum atomic E-state index is 12.7. The van der Waals surface area contributed by atoms with E-state index in [1.807, 2.05) is 0 Å². The zero-order chi connectivity index (χ0) is 17.7. The van der Waals surface area contributed by atoms with Gasteiger partial charge in [-0.15, -0.1) is 0 Å². The second-order valence-corrected chi connectivity index (χ2v) is 5.28. The van der Waals surface area contributed by atoms with Crippen LogP contribution in [-0.4, -0.2) is 36.5 Å². The Bertz CT molecular complexity index is 667. The summed E-state index contributed by atoms with van der Waals surface area (Å²) < 4.78 is 38.0. The van der Waals surface area contributed by atoms with Crippen molar-refractivity contribution in [3.63, 3.8) is 0 Å². The van der Waals surface area contributed by atoms with Gasteiger partial charge in [-0.05, 0) is 35.9 Å². The number of nitrogen functional groups attached to an aromatic ring is 1. The summed E-state index contributed by atoms with van der Waals surface area (Å²) in [5.74, 6) is 0. The van der Waals surface area contributed by atoms with Crippen molar-refractivity contribution >= 4 is 11.4 Å². The van der Waals surface area contributed by atoms with Gasteiger partial charge in [-0.2, -0.15) is 13.2 Å². The van der Waals surface area contributed by atoms with E-state index in [0.29, 0.717) is 29.9 Å². The zero-order valence-corrected chi connectivity index (χ0v) is 12.9. The molecule has 0 fully saturated rings. The van der Waals surface area contributed by atoms with Crippen LogP contribution in [0.15, 0.2) is 42.5 Å². The number of halogens is 3. The highest BCUT2D eigenvalue weighted by Gasteiger charge is 2.30. The Labute approximate surface area is 137 Å². The van der Waals surface area contributed by atoms with Crippen molar-refractivity contribution in [1.29, 1.82) is 0 Å². The number of nitrogens with zero attached hydrogens (tertiary/aromatic N) is 1. The molecule has 2 aromatic carbocycles. The third-order valence-electron chi connectivity index (χ3n) is 3.67. The molecule has 0 aliphatic heterocycles. The van der Waals surface area contributed by atoms with Crippen LogP contribution >= 0.6 is 0 Å². The minimum Gasteiger partial charge on any atom is -0.398 e. The minimum absolute atomic E-state index is 0.0833. The molecule has 4 nitrogen and oxygen atoms in total. The summed E-state index contributed by atoms with van der Waals surface area (Å²) >= 11 is 0. The van der Waals surface area contributed by atoms with E-state index in [0.717, 1.165) is 17.8 Å². The average Bonchev–Trinajstić information content (AvgIpc) is 2.54. The fourth-order valence-corrected chi connectivity index (χ4v) is 2.44. The lowest BCUT2D eigenvalue weighted by Crippen LogP contribution is -2.29. The van der Waals surface area contributed by atoms with E-state index >= 15 is 0 Å². The standard InChI is InChI=1S/C17H19F3N2O2/c18-17(19,20)13-3-1-12(2-4-13)15-11-14(5-6-16(15)21)22(7-9-23)8-10-24/h1-6,11,23-24H,7-10,21H2. The summed E-state index contributed by atoms with van der Waals surface area (Å²) in [5.41, 5.74) is 7.56. The largest absolute Gasteiger partial charge is 0.416 e. The fraction of sp³-hybridized carbons (Fsp3) is 0.294. The predicted octanol–water partition coefficient (Wildman–Crippen LogP) is 2.75. The first-order chi connectivity index (χ1) is 11.4. The molecule has 0 heterocycles. The Morgan fingerprint density at radius 2 is 1.50 bits per heavy atom. The van der Waals surface area contributed by atoms with Gasteiger partial charge in [-0.25, -0.2) is 0 Å². The molecule has 0 saturated heterocycles. The van der Waals surface area contributed by atoms with Crippen LogP contribution in [0.4, 0.5) is 24.5 Å². The van der Waals surface area contributed by atoms with Gasteiger partial charge >= 0.3 is 6.18 Å². The lowest BCUT2D eigenvalue weighted by Gasteiger charge is -2.24. The fourth-order valence-electron chi connectivity index (χ4n) is 2.44. The first-order valence-corrected chi connectivity index (χ1v) is 7.40. The maximum absolute atomic E-state index is 12.7. The van der Waals surface area contributed by atoms with Gasteiger partial charge in [-0.3, -0.25) is 0 Å². The Morgan fingerprint density at radius 3 is 2.00 bits per heavy atom. The van der Waals surface area contributed by atoms with Crippen LogP contribution in [0.2, 0.25) is 0 Å². The van der Waals surface area contributed by atoms with E-state index in [9.17, 15) is 13.2 Å². The smallest absolute Gasteiger partial charge is 0.398 e. The van der Waals surface area contributed by atoms with Crippen LogP contribution in [0.25, 0.3) is 11.1 Å². The van der Waals surface area contributed by atoms with Gasteiger partial charge < -0.3 is 20.8 Å². The van der Waals surface area contributed by atoms with Gasteiger partial charge in [0.05, 0.1) is 18.8 Å². The summed E-state index contributed by atoms with van der Waals surface area (Å²) in [6.45, 7) is 0.494. The number of nitrogens with two attached hydrogens (primary N) is 1. The Kier molecular flexibility index (Phi) is 5.69. The number of benzene rings is 2. The second-order valence-electron chi connectivity index (χ2n) is 5.28. The molecule has 0 aromatic heterocycles. The van der Waals surface area contributed by atoms with Gasteiger partial charge in [0.15, 0.2) is 0 Å². The van der Waals surface area contributed by atoms with E-state index in [1.165, 1.54) is 12.1 Å². The summed E-state index contributed by atoms with van der Waals surface area (Å²) in [5, 5.41) is 18.2. The Morgan fingerprint density at radius 1 is 0.917 bits per heavy atom. The summed E-state index contributed by atoms with van der Waals surface area (Å²) in [7, 11) is 0. The molecular formula is C17H19F3N2O2. The van der Waals surface area contributed by atoms with E-state index in [2.05, 4.69) is 0 Å². The highest BCUT2D eigenvalue weighted by Crippen LogP contribution is 2.34. The SMILES string of the molecule is Nc1ccc(N(CCO)CCO)cc1-c1ccc(C(F)(F)F)cc1. The molecule has 0 aliphatic carbocycles. The number of rotatable bonds is 6. The zero-order valence-electron chi connectivity index (χ0n) is 12.9. The average molecular weight is 340 g/mol. The van der Waals surface area contributed by atoms with Gasteiger partial charge in [0, 0.05) is 30.0 Å². The first-order valence-electron chi connectivity index (χ1n) is 7.40. The first kappa shape index (κ1) is 18.1. The second kappa shape index (κ2) is 7.55. The molecule has 0 radical (unpaired) electrons. The minimum atomic E-state index is -4.38. The molecular weight excluding hydrogens is 321 g/mol. The highest BCUT2D eigenvalue weighted by atomic mass is 19.4. The number of aliphatic hydroxyl groups excluding tert-OH is 2. The molecule has 130 valence electrons. The van der Waals surface area contributed by atoms with Crippen molar-refractivity contribution in [3.8, 4) is 11.1 Å². The van der Waals surface area contributed by atoms with E-state index in [1.54, 1.807) is 23.1 Å². The van der Waals surface area contributed by atoms with Crippen LogP contribution in [-0.2, 0) is 6.18 Å². The topological polar surface area (TPSA) is 69.7 Å². The van der Waals surface area contributed by atoms with Crippen molar-refractivity contribution in [1.82, 2.24) is 0 Å². The van der Waals surface area contributed by atoms with Gasteiger partial charge in [0.25, 0.3) is 0 Å². The summed E-state index contributed by atoms with van der Waals surface area (Å²) in [4.78, 5) is 1.77. The molecule has 0 atom stereocenters. The van der Waals surface area contributed by atoms with Crippen LogP contribution in [0.5, 0.6) is 0 Å². The third kappa shape index (κ3) is 4.18. The van der Waals surface area contributed by atoms with Crippen molar-refractivity contribution in [2.45, 2.75) is 6.18 Å². The summed E-state index contributed by atoms with van der Waals surface area (Å²) in [6, 6.07) is 9.92. The molecule has 0 aliphatic rings. The van der Waals surface area contributed by atoms with Gasteiger partial charge in [0.2, 0.25) is 0 Å². The molecule has 24 heavy (non-hydrogen) atoms. The Balaban J connectivity index is 2.37. The highest BCUT2D eigenvalue weighted by molar-refractivity contribution is 5.80. The molecule has 0 saturated carbocycles. The monoisotopic (exact) mass is 340 g/mol. The molecule has 0 spiro atoms. The van der Waals surface area contributed by atoms with Gasteiger partial charge in [0.1, 0.15) is 0 Å². The predicted molar refractivity (Wildman–Crippen MR) is 87.7 cm³/mol. The van der Waals surface area contributed by atoms with Crippen molar-refractivity contribution < 1.29 is 23.4 Å². The van der Waals surface area contributed by atoms with E-state index in [4.69, 9.17) is 15.9 Å². The van der Waals surface area contributed by atoms with Crippen LogP contribution in [0, 0.1) is 0 Å². The van der Waals surface area contributed by atoms with Crippen molar-refractivity contribution in [2.24, 2.45) is 0 Å². The van der Waals surface area contributed by atoms with Crippen LogP contribution in [0.1, 0.15) is 5.56 Å².